The van der Waals surface area contributed by atoms with Crippen molar-refractivity contribution in [2.24, 2.45) is 0 Å². The van der Waals surface area contributed by atoms with Gasteiger partial charge in [0.2, 0.25) is 5.79 Å². The molecule has 134 valence electrons. The van der Waals surface area contributed by atoms with Crippen LogP contribution in [-0.2, 0) is 20.4 Å². The number of carbonyl (C=O) groups excluding carboxylic acids is 1. The molecule has 1 atom stereocenters. The van der Waals surface area contributed by atoms with E-state index in [0.717, 1.165) is 12.1 Å². The number of carbonyl (C=O) groups is 1. The molecule has 0 N–H and O–H groups in total. The molecule has 0 aliphatic carbocycles. The Morgan fingerprint density at radius 2 is 2.08 bits per heavy atom. The zero-order valence-electron chi connectivity index (χ0n) is 13.2. The lowest BCUT2D eigenvalue weighted by molar-refractivity contribution is -0.137. The molecule has 1 saturated heterocycles. The summed E-state index contributed by atoms with van der Waals surface area (Å²) in [5, 5.41) is 0. The minimum Gasteiger partial charge on any atom is -0.494 e. The minimum absolute atomic E-state index is 0.171. The van der Waals surface area contributed by atoms with Crippen LogP contribution in [0.4, 0.5) is 18.0 Å². The molecule has 8 heteroatoms. The second-order valence-corrected chi connectivity index (χ2v) is 5.32. The van der Waals surface area contributed by atoms with Gasteiger partial charge in [-0.15, -0.1) is 0 Å². The fourth-order valence-electron chi connectivity index (χ4n) is 2.08. The van der Waals surface area contributed by atoms with Gasteiger partial charge < -0.3 is 18.9 Å². The van der Waals surface area contributed by atoms with Crippen molar-refractivity contribution in [2.45, 2.75) is 38.1 Å². The van der Waals surface area contributed by atoms with E-state index in [2.05, 4.69) is 4.74 Å². The van der Waals surface area contributed by atoms with Crippen molar-refractivity contribution in [3.63, 3.8) is 0 Å². The summed E-state index contributed by atoms with van der Waals surface area (Å²) in [4.78, 5) is 11.2. The first-order valence-electron chi connectivity index (χ1n) is 7.64. The molecule has 2 rings (SSSR count). The number of benzene rings is 1. The van der Waals surface area contributed by atoms with Crippen molar-refractivity contribution in [3.8, 4) is 5.75 Å². The molecule has 0 amide bonds. The maximum atomic E-state index is 12.6. The molecule has 1 aliphatic heterocycles. The lowest BCUT2D eigenvalue weighted by Gasteiger charge is -2.13. The number of rotatable bonds is 8. The van der Waals surface area contributed by atoms with Crippen LogP contribution in [0, 0.1) is 0 Å². The Morgan fingerprint density at radius 3 is 2.71 bits per heavy atom. The van der Waals surface area contributed by atoms with E-state index in [9.17, 15) is 18.0 Å². The van der Waals surface area contributed by atoms with Crippen LogP contribution in [0.2, 0.25) is 0 Å². The van der Waals surface area contributed by atoms with E-state index >= 15 is 0 Å². The topological polar surface area (TPSA) is 57.3 Å². The second kappa shape index (κ2) is 7.74. The van der Waals surface area contributed by atoms with E-state index in [1.54, 1.807) is 6.92 Å². The highest BCUT2D eigenvalue weighted by molar-refractivity contribution is 5.60. The predicted molar refractivity (Wildman–Crippen MR) is 77.6 cm³/mol. The van der Waals surface area contributed by atoms with Crippen molar-refractivity contribution in [2.75, 3.05) is 19.8 Å². The number of alkyl halides is 3. The number of unbranched alkanes of at least 4 members (excludes halogenated alkanes) is 1. The highest BCUT2D eigenvalue weighted by atomic mass is 19.4. The highest BCUT2D eigenvalue weighted by Gasteiger charge is 2.49. The molecular formula is C16H19F3O5. The summed E-state index contributed by atoms with van der Waals surface area (Å²) in [5.41, 5.74) is -0.742. The smallest absolute Gasteiger partial charge is 0.494 e. The fraction of sp³-hybridized carbons (Fsp3) is 0.562. The Balaban J connectivity index is 1.68. The van der Waals surface area contributed by atoms with E-state index in [1.807, 2.05) is 0 Å². The SMILES string of the molecule is CCOC(=O)OC1(CCCCOc2cccc(C(F)(F)F)c2)CO1. The molecule has 1 aromatic rings. The maximum absolute atomic E-state index is 12.6. The number of epoxide rings is 1. The molecule has 1 unspecified atom stereocenters. The van der Waals surface area contributed by atoms with Crippen molar-refractivity contribution in [1.29, 1.82) is 0 Å². The Kier molecular flexibility index (Phi) is 5.93. The monoisotopic (exact) mass is 348 g/mol. The molecule has 1 aliphatic rings. The third-order valence-electron chi connectivity index (χ3n) is 3.38. The average Bonchev–Trinajstić information content (AvgIpc) is 3.26. The van der Waals surface area contributed by atoms with E-state index in [0.29, 0.717) is 25.9 Å². The first kappa shape index (κ1) is 18.4. The summed E-state index contributed by atoms with van der Waals surface area (Å²) in [5.74, 6) is -0.743. The van der Waals surface area contributed by atoms with Crippen LogP contribution in [0.25, 0.3) is 0 Å². The van der Waals surface area contributed by atoms with Gasteiger partial charge in [0.05, 0.1) is 18.8 Å². The van der Waals surface area contributed by atoms with Crippen LogP contribution < -0.4 is 4.74 Å². The van der Waals surface area contributed by atoms with Gasteiger partial charge in [0.25, 0.3) is 0 Å². The zero-order valence-corrected chi connectivity index (χ0v) is 13.2. The van der Waals surface area contributed by atoms with Crippen LogP contribution in [0.1, 0.15) is 31.7 Å². The van der Waals surface area contributed by atoms with Crippen molar-refractivity contribution in [1.82, 2.24) is 0 Å². The first-order chi connectivity index (χ1) is 11.3. The van der Waals surface area contributed by atoms with Crippen LogP contribution in [-0.4, -0.2) is 31.8 Å². The summed E-state index contributed by atoms with van der Waals surface area (Å²) in [6.07, 6.45) is -3.45. The van der Waals surface area contributed by atoms with Gasteiger partial charge >= 0.3 is 12.3 Å². The average molecular weight is 348 g/mol. The molecular weight excluding hydrogens is 329 g/mol. The van der Waals surface area contributed by atoms with Gasteiger partial charge in [0.15, 0.2) is 0 Å². The molecule has 0 saturated carbocycles. The normalized spacial score (nSPS) is 19.7. The van der Waals surface area contributed by atoms with Gasteiger partial charge in [-0.2, -0.15) is 13.2 Å². The predicted octanol–water partition coefficient (Wildman–Crippen LogP) is 4.15. The van der Waals surface area contributed by atoms with Gasteiger partial charge in [-0.25, -0.2) is 4.79 Å². The highest BCUT2D eigenvalue weighted by Crippen LogP contribution is 2.35. The minimum atomic E-state index is -4.39. The van der Waals surface area contributed by atoms with Gasteiger partial charge in [-0.3, -0.25) is 0 Å². The van der Waals surface area contributed by atoms with Gasteiger partial charge in [0, 0.05) is 6.42 Å². The molecule has 0 aromatic heterocycles. The summed E-state index contributed by atoms with van der Waals surface area (Å²) >= 11 is 0. The van der Waals surface area contributed by atoms with E-state index in [1.165, 1.54) is 12.1 Å². The van der Waals surface area contributed by atoms with Gasteiger partial charge in [0.1, 0.15) is 12.4 Å². The first-order valence-corrected chi connectivity index (χ1v) is 7.64. The molecule has 0 bridgehead atoms. The second-order valence-electron chi connectivity index (χ2n) is 5.32. The van der Waals surface area contributed by atoms with Gasteiger partial charge in [-0.05, 0) is 38.0 Å². The third kappa shape index (κ3) is 5.59. The quantitative estimate of drug-likeness (QED) is 0.401. The Bertz CT molecular complexity index is 555. The van der Waals surface area contributed by atoms with E-state index < -0.39 is 23.7 Å². The van der Waals surface area contributed by atoms with Crippen LogP contribution in [0.15, 0.2) is 24.3 Å². The molecule has 5 nitrogen and oxygen atoms in total. The van der Waals surface area contributed by atoms with Crippen LogP contribution >= 0.6 is 0 Å². The van der Waals surface area contributed by atoms with Gasteiger partial charge in [-0.1, -0.05) is 6.07 Å². The zero-order chi connectivity index (χ0) is 17.6. The molecule has 1 heterocycles. The Hall–Kier alpha value is -1.96. The van der Waals surface area contributed by atoms with Crippen molar-refractivity contribution < 1.29 is 36.9 Å². The molecule has 1 fully saturated rings. The summed E-state index contributed by atoms with van der Waals surface area (Å²) in [7, 11) is 0. The van der Waals surface area contributed by atoms with Crippen molar-refractivity contribution in [3.05, 3.63) is 29.8 Å². The number of hydrogen-bond donors (Lipinski definition) is 0. The van der Waals surface area contributed by atoms with Crippen LogP contribution in [0.5, 0.6) is 5.75 Å². The summed E-state index contributed by atoms with van der Waals surface area (Å²) in [6.45, 7) is 2.48. The van der Waals surface area contributed by atoms with Crippen molar-refractivity contribution >= 4 is 6.16 Å². The summed E-state index contributed by atoms with van der Waals surface area (Å²) in [6, 6.07) is 4.74. The van der Waals surface area contributed by atoms with E-state index in [4.69, 9.17) is 14.2 Å². The van der Waals surface area contributed by atoms with Crippen LogP contribution in [0.3, 0.4) is 0 Å². The third-order valence-corrected chi connectivity index (χ3v) is 3.38. The lowest BCUT2D eigenvalue weighted by Crippen LogP contribution is -2.22. The largest absolute Gasteiger partial charge is 0.510 e. The number of hydrogen-bond acceptors (Lipinski definition) is 5. The molecule has 0 spiro atoms. The number of halogens is 3. The fourth-order valence-corrected chi connectivity index (χ4v) is 2.08. The summed E-state index contributed by atoms with van der Waals surface area (Å²) < 4.78 is 58.0. The number of ether oxygens (including phenoxy) is 4. The Labute approximate surface area is 137 Å². The maximum Gasteiger partial charge on any atom is 0.510 e. The molecule has 1 aromatic carbocycles. The lowest BCUT2D eigenvalue weighted by atomic mass is 10.1. The molecule has 0 radical (unpaired) electrons. The molecule has 24 heavy (non-hydrogen) atoms. The van der Waals surface area contributed by atoms with E-state index in [-0.39, 0.29) is 19.0 Å². The standard InChI is InChI=1S/C16H19F3O5/c1-2-21-14(20)24-15(11-23-15)8-3-4-9-22-13-7-5-6-12(10-13)16(17,18)19/h5-7,10H,2-4,8-9,11H2,1H3. The Morgan fingerprint density at radius 1 is 1.33 bits per heavy atom.